The number of nitrogens with zero attached hydrogens (tertiary/aromatic N) is 3. The summed E-state index contributed by atoms with van der Waals surface area (Å²) in [4.78, 5) is 29.0. The van der Waals surface area contributed by atoms with Gasteiger partial charge in [0.2, 0.25) is 5.95 Å². The molecule has 4 aromatic rings. The molecule has 2 N–H and O–H groups in total. The van der Waals surface area contributed by atoms with Gasteiger partial charge < -0.3 is 14.5 Å². The number of hydrogen-bond donors (Lipinski definition) is 2. The number of fused-ring (bicyclic) bond motifs is 1. The maximum absolute atomic E-state index is 12.8. The van der Waals surface area contributed by atoms with Gasteiger partial charge in [-0.05, 0) is 56.7 Å². The van der Waals surface area contributed by atoms with E-state index < -0.39 is 11.7 Å². The van der Waals surface area contributed by atoms with Crippen molar-refractivity contribution >= 4 is 23.6 Å². The van der Waals surface area contributed by atoms with Crippen LogP contribution >= 0.6 is 0 Å². The number of nitrogens with one attached hydrogen (secondary N) is 2. The second-order valence-corrected chi connectivity index (χ2v) is 8.14. The molecule has 0 aliphatic rings. The van der Waals surface area contributed by atoms with Crippen LogP contribution in [0.5, 0.6) is 0 Å². The highest BCUT2D eigenvalue weighted by Gasteiger charge is 2.16. The number of rotatable bonds is 5. The number of carbonyl (C=O) groups is 2. The van der Waals surface area contributed by atoms with Crippen LogP contribution in [-0.4, -0.2) is 32.2 Å². The van der Waals surface area contributed by atoms with Crippen molar-refractivity contribution in [2.24, 2.45) is 0 Å². The molecule has 3 aromatic heterocycles. The van der Waals surface area contributed by atoms with Gasteiger partial charge in [-0.3, -0.25) is 10.1 Å². The van der Waals surface area contributed by atoms with Crippen LogP contribution in [-0.2, 0) is 11.3 Å². The summed E-state index contributed by atoms with van der Waals surface area (Å²) in [5.41, 5.74) is 2.83. The minimum Gasteiger partial charge on any atom is -0.472 e. The van der Waals surface area contributed by atoms with Gasteiger partial charge in [0.25, 0.3) is 5.91 Å². The third kappa shape index (κ3) is 4.94. The highest BCUT2D eigenvalue weighted by atomic mass is 16.6. The zero-order chi connectivity index (χ0) is 22.7. The van der Waals surface area contributed by atoms with Crippen LogP contribution in [0.15, 0.2) is 65.5 Å². The number of amides is 2. The summed E-state index contributed by atoms with van der Waals surface area (Å²) in [6.45, 7) is 5.62. The van der Waals surface area contributed by atoms with E-state index in [1.54, 1.807) is 62.1 Å². The van der Waals surface area contributed by atoms with E-state index in [1.165, 1.54) is 0 Å². The van der Waals surface area contributed by atoms with Gasteiger partial charge >= 0.3 is 6.09 Å². The van der Waals surface area contributed by atoms with Gasteiger partial charge in [0, 0.05) is 17.7 Å². The van der Waals surface area contributed by atoms with Crippen LogP contribution in [0, 0.1) is 0 Å². The Kier molecular flexibility index (Phi) is 5.63. The maximum atomic E-state index is 12.8. The molecule has 164 valence electrons. The summed E-state index contributed by atoms with van der Waals surface area (Å²) < 4.78 is 12.0. The van der Waals surface area contributed by atoms with Crippen LogP contribution in [0.2, 0.25) is 0 Å². The summed E-state index contributed by atoms with van der Waals surface area (Å²) in [5.74, 6) is -0.173. The molecule has 0 spiro atoms. The van der Waals surface area contributed by atoms with E-state index in [0.717, 1.165) is 16.8 Å². The molecule has 3 heterocycles. The minimum atomic E-state index is -0.579. The SMILES string of the molecule is CC(C)(C)OC(=O)NCc1cccc(C(=O)Nc2nc3cccc(-c4ccoc4)n3n2)c1. The Morgan fingerprint density at radius 3 is 2.69 bits per heavy atom. The Morgan fingerprint density at radius 1 is 1.12 bits per heavy atom. The summed E-state index contributed by atoms with van der Waals surface area (Å²) >= 11 is 0. The van der Waals surface area contributed by atoms with Gasteiger partial charge in [0.05, 0.1) is 18.2 Å². The summed E-state index contributed by atoms with van der Waals surface area (Å²) in [6.07, 6.45) is 2.68. The summed E-state index contributed by atoms with van der Waals surface area (Å²) in [7, 11) is 0. The average Bonchev–Trinajstić information content (AvgIpc) is 3.40. The first kappa shape index (κ1) is 21.1. The number of alkyl carbamates (subject to hydrolysis) is 1. The minimum absolute atomic E-state index is 0.184. The second-order valence-electron chi connectivity index (χ2n) is 8.14. The van der Waals surface area contributed by atoms with Crippen molar-refractivity contribution < 1.29 is 18.7 Å². The molecule has 0 bridgehead atoms. The molecule has 0 aliphatic heterocycles. The topological polar surface area (TPSA) is 111 Å². The lowest BCUT2D eigenvalue weighted by Gasteiger charge is -2.19. The van der Waals surface area contributed by atoms with E-state index in [1.807, 2.05) is 24.3 Å². The molecule has 9 nitrogen and oxygen atoms in total. The second kappa shape index (κ2) is 8.54. The molecule has 1 aromatic carbocycles. The zero-order valence-electron chi connectivity index (χ0n) is 18.0. The predicted octanol–water partition coefficient (Wildman–Crippen LogP) is 4.27. The number of carbonyl (C=O) groups excluding carboxylic acids is 2. The molecule has 0 saturated heterocycles. The standard InChI is InChI=1S/C23H23N5O4/c1-23(2,3)32-22(30)24-13-15-6-4-7-16(12-15)20(29)26-21-25-19-9-5-8-18(28(19)27-21)17-10-11-31-14-17/h4-12,14H,13H2,1-3H3,(H,24,30)(H,26,27,29). The first-order chi connectivity index (χ1) is 15.3. The van der Waals surface area contributed by atoms with Gasteiger partial charge in [-0.2, -0.15) is 4.98 Å². The molecule has 32 heavy (non-hydrogen) atoms. The molecule has 0 saturated carbocycles. The summed E-state index contributed by atoms with van der Waals surface area (Å²) in [5, 5.41) is 9.81. The lowest BCUT2D eigenvalue weighted by Crippen LogP contribution is -2.32. The summed E-state index contributed by atoms with van der Waals surface area (Å²) in [6, 6.07) is 14.3. The third-order valence-electron chi connectivity index (χ3n) is 4.43. The largest absolute Gasteiger partial charge is 0.472 e. The van der Waals surface area contributed by atoms with E-state index in [-0.39, 0.29) is 18.4 Å². The molecule has 9 heteroatoms. The third-order valence-corrected chi connectivity index (χ3v) is 4.43. The van der Waals surface area contributed by atoms with Crippen molar-refractivity contribution in [2.75, 3.05) is 5.32 Å². The number of benzene rings is 1. The average molecular weight is 433 g/mol. The fraction of sp³-hybridized carbons (Fsp3) is 0.217. The fourth-order valence-corrected chi connectivity index (χ4v) is 3.07. The molecule has 0 aliphatic carbocycles. The van der Waals surface area contributed by atoms with Crippen molar-refractivity contribution in [1.82, 2.24) is 19.9 Å². The van der Waals surface area contributed by atoms with Crippen LogP contribution in [0.25, 0.3) is 16.9 Å². The number of pyridine rings is 1. The number of anilines is 1. The van der Waals surface area contributed by atoms with E-state index in [4.69, 9.17) is 9.15 Å². The van der Waals surface area contributed by atoms with E-state index in [9.17, 15) is 9.59 Å². The van der Waals surface area contributed by atoms with Crippen molar-refractivity contribution in [1.29, 1.82) is 0 Å². The van der Waals surface area contributed by atoms with Crippen molar-refractivity contribution in [2.45, 2.75) is 32.9 Å². The fourth-order valence-electron chi connectivity index (χ4n) is 3.07. The van der Waals surface area contributed by atoms with Crippen LogP contribution < -0.4 is 10.6 Å². The Balaban J connectivity index is 1.46. The number of ether oxygens (including phenoxy) is 1. The first-order valence-corrected chi connectivity index (χ1v) is 10.0. The molecule has 0 fully saturated rings. The quantitative estimate of drug-likeness (QED) is 0.486. The number of aromatic nitrogens is 3. The zero-order valence-corrected chi connectivity index (χ0v) is 18.0. The number of furan rings is 1. The first-order valence-electron chi connectivity index (χ1n) is 10.0. The Morgan fingerprint density at radius 2 is 1.94 bits per heavy atom. The van der Waals surface area contributed by atoms with Crippen LogP contribution in [0.1, 0.15) is 36.7 Å². The molecular formula is C23H23N5O4. The lowest BCUT2D eigenvalue weighted by molar-refractivity contribution is 0.0523. The van der Waals surface area contributed by atoms with E-state index in [2.05, 4.69) is 20.7 Å². The predicted molar refractivity (Wildman–Crippen MR) is 118 cm³/mol. The van der Waals surface area contributed by atoms with Gasteiger partial charge in [-0.25, -0.2) is 9.31 Å². The smallest absolute Gasteiger partial charge is 0.407 e. The van der Waals surface area contributed by atoms with Crippen molar-refractivity contribution in [3.8, 4) is 11.3 Å². The van der Waals surface area contributed by atoms with Crippen LogP contribution in [0.3, 0.4) is 0 Å². The maximum Gasteiger partial charge on any atom is 0.407 e. The Labute approximate surface area is 184 Å². The van der Waals surface area contributed by atoms with Gasteiger partial charge in [0.1, 0.15) is 5.60 Å². The molecule has 4 rings (SSSR count). The highest BCUT2D eigenvalue weighted by molar-refractivity contribution is 6.03. The van der Waals surface area contributed by atoms with Gasteiger partial charge in [0.15, 0.2) is 5.65 Å². The van der Waals surface area contributed by atoms with Gasteiger partial charge in [-0.15, -0.1) is 5.10 Å². The molecule has 0 unspecified atom stereocenters. The highest BCUT2D eigenvalue weighted by Crippen LogP contribution is 2.21. The normalized spacial score (nSPS) is 11.3. The molecule has 2 amide bonds. The molecule has 0 radical (unpaired) electrons. The van der Waals surface area contributed by atoms with E-state index >= 15 is 0 Å². The molecular weight excluding hydrogens is 410 g/mol. The van der Waals surface area contributed by atoms with Crippen molar-refractivity contribution in [3.63, 3.8) is 0 Å². The monoisotopic (exact) mass is 433 g/mol. The lowest BCUT2D eigenvalue weighted by atomic mass is 10.1. The Hall–Kier alpha value is -4.14. The number of hydrogen-bond acceptors (Lipinski definition) is 6. The molecule has 0 atom stereocenters. The van der Waals surface area contributed by atoms with Gasteiger partial charge in [-0.1, -0.05) is 18.2 Å². The Bertz CT molecular complexity index is 1260. The van der Waals surface area contributed by atoms with E-state index in [0.29, 0.717) is 11.2 Å². The van der Waals surface area contributed by atoms with Crippen LogP contribution in [0.4, 0.5) is 10.7 Å². The van der Waals surface area contributed by atoms with Crippen molar-refractivity contribution in [3.05, 3.63) is 72.2 Å².